The summed E-state index contributed by atoms with van der Waals surface area (Å²) in [7, 11) is -3.69. The van der Waals surface area contributed by atoms with Gasteiger partial charge in [-0.25, -0.2) is 8.42 Å². The summed E-state index contributed by atoms with van der Waals surface area (Å²) in [5, 5.41) is 5.07. The summed E-state index contributed by atoms with van der Waals surface area (Å²) in [6, 6.07) is 17.4. The van der Waals surface area contributed by atoms with Crippen LogP contribution in [0.1, 0.15) is 51.5 Å². The van der Waals surface area contributed by atoms with Crippen LogP contribution in [0.5, 0.6) is 0 Å². The van der Waals surface area contributed by atoms with Crippen LogP contribution in [0.25, 0.3) is 10.8 Å². The average molecular weight is 556 g/mol. The monoisotopic (exact) mass is 555 g/mol. The summed E-state index contributed by atoms with van der Waals surface area (Å²) < 4.78 is 28.0. The molecule has 1 heterocycles. The number of halogens is 1. The van der Waals surface area contributed by atoms with Gasteiger partial charge in [-0.15, -0.1) is 0 Å². The Kier molecular flexibility index (Phi) is 8.95. The Bertz CT molecular complexity index is 1420. The molecule has 0 aromatic heterocycles. The van der Waals surface area contributed by atoms with Gasteiger partial charge in [-0.1, -0.05) is 74.3 Å². The molecule has 0 saturated heterocycles. The minimum Gasteiger partial charge on any atom is -0.354 e. The number of unbranched alkanes of at least 4 members (excludes halogenated alkanes) is 1. The lowest BCUT2D eigenvalue weighted by Crippen LogP contribution is -2.49. The molecule has 1 atom stereocenters. The molecule has 202 valence electrons. The van der Waals surface area contributed by atoms with Gasteiger partial charge in [-0.3, -0.25) is 13.9 Å². The van der Waals surface area contributed by atoms with E-state index in [1.165, 1.54) is 4.31 Å². The van der Waals surface area contributed by atoms with Crippen molar-refractivity contribution in [2.24, 2.45) is 0 Å². The summed E-state index contributed by atoms with van der Waals surface area (Å²) >= 11 is 6.40. The second-order valence-corrected chi connectivity index (χ2v) is 11.7. The number of nitrogens with zero attached hydrogens (tertiary/aromatic N) is 2. The second-order valence-electron chi connectivity index (χ2n) is 9.49. The maximum atomic E-state index is 13.6. The lowest BCUT2D eigenvalue weighted by atomic mass is 10.1. The zero-order valence-corrected chi connectivity index (χ0v) is 23.4. The lowest BCUT2D eigenvalue weighted by Gasteiger charge is -2.31. The minimum absolute atomic E-state index is 0.0987. The molecule has 0 bridgehead atoms. The van der Waals surface area contributed by atoms with Crippen LogP contribution < -0.4 is 9.62 Å². The van der Waals surface area contributed by atoms with Gasteiger partial charge in [0.1, 0.15) is 6.04 Å². The molecule has 0 unspecified atom stereocenters. The first-order chi connectivity index (χ1) is 18.3. The normalized spacial score (nSPS) is 14.4. The van der Waals surface area contributed by atoms with E-state index < -0.39 is 16.1 Å². The quantitative estimate of drug-likeness (QED) is 0.299. The molecule has 0 fully saturated rings. The largest absolute Gasteiger partial charge is 0.354 e. The minimum atomic E-state index is -3.69. The molecule has 3 aromatic carbocycles. The van der Waals surface area contributed by atoms with Crippen LogP contribution in [0.4, 0.5) is 5.69 Å². The number of carbonyl (C=O) groups excluding carboxylic acids is 2. The molecule has 38 heavy (non-hydrogen) atoms. The topological polar surface area (TPSA) is 86.8 Å². The number of rotatable bonds is 12. The van der Waals surface area contributed by atoms with Gasteiger partial charge in [0, 0.05) is 36.5 Å². The van der Waals surface area contributed by atoms with E-state index in [1.54, 1.807) is 29.2 Å². The van der Waals surface area contributed by atoms with Crippen molar-refractivity contribution >= 4 is 49.9 Å². The molecular formula is C29H34ClN3O4S. The van der Waals surface area contributed by atoms with Crippen molar-refractivity contribution in [3.8, 4) is 0 Å². The number of carbonyl (C=O) groups is 2. The Labute approximate surface area is 229 Å². The van der Waals surface area contributed by atoms with E-state index in [0.717, 1.165) is 29.2 Å². The standard InChI is InChI=1S/C29H34ClN3O4S/c1-3-5-18-31-29(35)24(4-2)32(20-22-11-6-7-14-23(22)30)27(34)17-10-19-33-25-15-8-12-21-13-9-16-26(28(21)25)38(33,36)37/h6-9,11-16,24H,3-5,10,17-20H2,1-2H3,(H,31,35)/t24-/m0/s1. The first-order valence-corrected chi connectivity index (χ1v) is 15.0. The van der Waals surface area contributed by atoms with Gasteiger partial charge < -0.3 is 10.2 Å². The van der Waals surface area contributed by atoms with Crippen molar-refractivity contribution in [2.45, 2.75) is 63.4 Å². The van der Waals surface area contributed by atoms with Crippen molar-refractivity contribution in [2.75, 3.05) is 17.4 Å². The highest BCUT2D eigenvalue weighted by atomic mass is 35.5. The molecular weight excluding hydrogens is 522 g/mol. The number of hydrogen-bond donors (Lipinski definition) is 1. The van der Waals surface area contributed by atoms with E-state index in [2.05, 4.69) is 12.2 Å². The van der Waals surface area contributed by atoms with Gasteiger partial charge in [0.05, 0.1) is 10.6 Å². The van der Waals surface area contributed by atoms with Gasteiger partial charge in [0.15, 0.2) is 0 Å². The molecule has 2 amide bonds. The Morgan fingerprint density at radius 3 is 2.45 bits per heavy atom. The lowest BCUT2D eigenvalue weighted by molar-refractivity contribution is -0.141. The average Bonchev–Trinajstić information content (AvgIpc) is 3.13. The number of anilines is 1. The molecule has 1 aliphatic rings. The summed E-state index contributed by atoms with van der Waals surface area (Å²) in [5.74, 6) is -0.402. The summed E-state index contributed by atoms with van der Waals surface area (Å²) in [6.45, 7) is 4.85. The van der Waals surface area contributed by atoms with Crippen LogP contribution >= 0.6 is 11.6 Å². The van der Waals surface area contributed by atoms with E-state index in [9.17, 15) is 18.0 Å². The van der Waals surface area contributed by atoms with Gasteiger partial charge >= 0.3 is 0 Å². The molecule has 0 spiro atoms. The molecule has 1 aliphatic heterocycles. The third kappa shape index (κ3) is 5.66. The van der Waals surface area contributed by atoms with Crippen molar-refractivity contribution in [1.82, 2.24) is 10.2 Å². The summed E-state index contributed by atoms with van der Waals surface area (Å²) in [5.41, 5.74) is 1.40. The first kappa shape index (κ1) is 27.9. The van der Waals surface area contributed by atoms with E-state index in [4.69, 9.17) is 11.6 Å². The highest BCUT2D eigenvalue weighted by Gasteiger charge is 2.35. The Morgan fingerprint density at radius 2 is 1.74 bits per heavy atom. The van der Waals surface area contributed by atoms with Gasteiger partial charge in [-0.05, 0) is 48.4 Å². The van der Waals surface area contributed by atoms with Crippen molar-refractivity contribution in [3.63, 3.8) is 0 Å². The van der Waals surface area contributed by atoms with Crippen LogP contribution in [0, 0.1) is 0 Å². The molecule has 9 heteroatoms. The fourth-order valence-electron chi connectivity index (χ4n) is 4.95. The molecule has 7 nitrogen and oxygen atoms in total. The van der Waals surface area contributed by atoms with Gasteiger partial charge in [0.2, 0.25) is 11.8 Å². The number of hydrogen-bond acceptors (Lipinski definition) is 4. The molecule has 0 saturated carbocycles. The van der Waals surface area contributed by atoms with Crippen LogP contribution in [0.15, 0.2) is 65.6 Å². The van der Waals surface area contributed by atoms with E-state index in [0.29, 0.717) is 35.0 Å². The number of benzene rings is 3. The Balaban J connectivity index is 1.51. The maximum absolute atomic E-state index is 13.6. The van der Waals surface area contributed by atoms with Crippen molar-refractivity contribution < 1.29 is 18.0 Å². The molecule has 1 N–H and O–H groups in total. The Morgan fingerprint density at radius 1 is 1.00 bits per heavy atom. The van der Waals surface area contributed by atoms with E-state index >= 15 is 0 Å². The van der Waals surface area contributed by atoms with Crippen LogP contribution in [0.3, 0.4) is 0 Å². The number of nitrogens with one attached hydrogen (secondary N) is 1. The first-order valence-electron chi connectivity index (χ1n) is 13.1. The SMILES string of the molecule is CCCCNC(=O)[C@H](CC)N(Cc1ccccc1Cl)C(=O)CCCN1c2cccc3cccc(c23)S1(=O)=O. The van der Waals surface area contributed by atoms with Crippen molar-refractivity contribution in [1.29, 1.82) is 0 Å². The predicted molar refractivity (Wildman–Crippen MR) is 152 cm³/mol. The molecule has 0 aliphatic carbocycles. The zero-order valence-electron chi connectivity index (χ0n) is 21.8. The third-order valence-electron chi connectivity index (χ3n) is 6.95. The third-order valence-corrected chi connectivity index (χ3v) is 9.17. The summed E-state index contributed by atoms with van der Waals surface area (Å²) in [4.78, 5) is 28.5. The second kappa shape index (κ2) is 12.2. The van der Waals surface area contributed by atoms with Crippen LogP contribution in [0.2, 0.25) is 5.02 Å². The molecule has 3 aromatic rings. The van der Waals surface area contributed by atoms with E-state index in [1.807, 2.05) is 43.3 Å². The smallest absolute Gasteiger partial charge is 0.265 e. The molecule has 0 radical (unpaired) electrons. The number of sulfonamides is 1. The highest BCUT2D eigenvalue weighted by molar-refractivity contribution is 7.93. The summed E-state index contributed by atoms with van der Waals surface area (Å²) in [6.07, 6.45) is 2.68. The van der Waals surface area contributed by atoms with Crippen LogP contribution in [-0.2, 0) is 26.2 Å². The maximum Gasteiger partial charge on any atom is 0.265 e. The Hall–Kier alpha value is -3.10. The predicted octanol–water partition coefficient (Wildman–Crippen LogP) is 5.51. The van der Waals surface area contributed by atoms with Crippen LogP contribution in [-0.4, -0.2) is 44.3 Å². The fraction of sp³-hybridized carbons (Fsp3) is 0.379. The fourth-order valence-corrected chi connectivity index (χ4v) is 6.90. The molecule has 4 rings (SSSR count). The zero-order chi connectivity index (χ0) is 27.3. The van der Waals surface area contributed by atoms with Gasteiger partial charge in [-0.2, -0.15) is 0 Å². The highest BCUT2D eigenvalue weighted by Crippen LogP contribution is 2.42. The van der Waals surface area contributed by atoms with E-state index in [-0.39, 0.29) is 31.3 Å². The number of amides is 2. The van der Waals surface area contributed by atoms with Crippen molar-refractivity contribution in [3.05, 3.63) is 71.2 Å². The van der Waals surface area contributed by atoms with Gasteiger partial charge in [0.25, 0.3) is 10.0 Å².